The number of rotatable bonds is 1. The number of fused-ring (bicyclic) bond motifs is 1. The molecule has 2 aliphatic rings. The Balaban J connectivity index is 0.000000750. The molecule has 3 rings (SSSR count). The zero-order valence-corrected chi connectivity index (χ0v) is 9.48. The summed E-state index contributed by atoms with van der Waals surface area (Å²) in [5.41, 5.74) is 0. The van der Waals surface area contributed by atoms with E-state index in [-0.39, 0.29) is 12.4 Å². The van der Waals surface area contributed by atoms with Gasteiger partial charge in [-0.3, -0.25) is 0 Å². The highest BCUT2D eigenvalue weighted by Gasteiger charge is 2.36. The van der Waals surface area contributed by atoms with Gasteiger partial charge in [-0.25, -0.2) is 4.98 Å². The number of thiazole rings is 1. The average molecular weight is 232 g/mol. The minimum Gasteiger partial charge on any atom is -0.347 e. The highest BCUT2D eigenvalue weighted by molar-refractivity contribution is 7.13. The van der Waals surface area contributed by atoms with Crippen molar-refractivity contribution in [1.29, 1.82) is 0 Å². The molecule has 1 aromatic heterocycles. The molecule has 78 valence electrons. The van der Waals surface area contributed by atoms with Crippen molar-refractivity contribution in [3.63, 3.8) is 0 Å². The molecule has 5 heteroatoms. The Hall–Kier alpha value is -0.320. The molecule has 14 heavy (non-hydrogen) atoms. The lowest BCUT2D eigenvalue weighted by molar-refractivity contribution is 0.533. The van der Waals surface area contributed by atoms with Crippen LogP contribution in [0.1, 0.15) is 0 Å². The molecule has 2 fully saturated rings. The lowest BCUT2D eigenvalue weighted by Crippen LogP contribution is -2.25. The minimum absolute atomic E-state index is 0. The van der Waals surface area contributed by atoms with Crippen LogP contribution in [0, 0.1) is 11.8 Å². The van der Waals surface area contributed by atoms with E-state index in [9.17, 15) is 0 Å². The van der Waals surface area contributed by atoms with Gasteiger partial charge in [-0.1, -0.05) is 0 Å². The van der Waals surface area contributed by atoms with Gasteiger partial charge >= 0.3 is 0 Å². The first-order valence-corrected chi connectivity index (χ1v) is 5.66. The predicted octanol–water partition coefficient (Wildman–Crippen LogP) is 1.22. The van der Waals surface area contributed by atoms with E-state index in [1.54, 1.807) is 11.3 Å². The van der Waals surface area contributed by atoms with Crippen molar-refractivity contribution in [2.75, 3.05) is 31.1 Å². The van der Waals surface area contributed by atoms with Crippen molar-refractivity contribution >= 4 is 28.9 Å². The standard InChI is InChI=1S/C9H13N3S.ClH/c1-2-13-9(11-1)12-5-7-3-10-4-8(7)6-12;/h1-2,7-8,10H,3-6H2;1H. The van der Waals surface area contributed by atoms with Crippen LogP contribution in [0.25, 0.3) is 0 Å². The molecule has 2 aliphatic heterocycles. The van der Waals surface area contributed by atoms with Gasteiger partial charge in [0.15, 0.2) is 5.13 Å². The molecule has 0 amide bonds. The van der Waals surface area contributed by atoms with Crippen LogP contribution in [-0.4, -0.2) is 31.2 Å². The van der Waals surface area contributed by atoms with Crippen LogP contribution in [0.2, 0.25) is 0 Å². The molecule has 0 aromatic carbocycles. The quantitative estimate of drug-likeness (QED) is 0.788. The lowest BCUT2D eigenvalue weighted by atomic mass is 10.0. The number of hydrogen-bond donors (Lipinski definition) is 1. The number of nitrogens with one attached hydrogen (secondary N) is 1. The predicted molar refractivity (Wildman–Crippen MR) is 61.4 cm³/mol. The number of aromatic nitrogens is 1. The van der Waals surface area contributed by atoms with Gasteiger partial charge < -0.3 is 10.2 Å². The molecule has 1 N–H and O–H groups in total. The zero-order chi connectivity index (χ0) is 8.67. The minimum atomic E-state index is 0. The first-order chi connectivity index (χ1) is 6.43. The Labute approximate surface area is 93.9 Å². The summed E-state index contributed by atoms with van der Waals surface area (Å²) < 4.78 is 0. The highest BCUT2D eigenvalue weighted by Crippen LogP contribution is 2.31. The van der Waals surface area contributed by atoms with E-state index in [0.717, 1.165) is 11.8 Å². The van der Waals surface area contributed by atoms with Crippen molar-refractivity contribution in [3.05, 3.63) is 11.6 Å². The normalized spacial score (nSPS) is 30.1. The Kier molecular flexibility index (Phi) is 2.95. The molecule has 0 bridgehead atoms. The first-order valence-electron chi connectivity index (χ1n) is 4.78. The van der Waals surface area contributed by atoms with Crippen LogP contribution in [-0.2, 0) is 0 Å². The van der Waals surface area contributed by atoms with Crippen molar-refractivity contribution in [2.24, 2.45) is 11.8 Å². The Morgan fingerprint density at radius 2 is 2.07 bits per heavy atom. The molecular formula is C9H14ClN3S. The molecule has 0 saturated carbocycles. The van der Waals surface area contributed by atoms with E-state index in [2.05, 4.69) is 20.6 Å². The largest absolute Gasteiger partial charge is 0.347 e. The third-order valence-electron chi connectivity index (χ3n) is 3.08. The van der Waals surface area contributed by atoms with Crippen LogP contribution >= 0.6 is 23.7 Å². The van der Waals surface area contributed by atoms with Gasteiger partial charge in [0.1, 0.15) is 0 Å². The summed E-state index contributed by atoms with van der Waals surface area (Å²) >= 11 is 1.75. The fourth-order valence-electron chi connectivity index (χ4n) is 2.38. The molecule has 0 aliphatic carbocycles. The van der Waals surface area contributed by atoms with Crippen molar-refractivity contribution < 1.29 is 0 Å². The van der Waals surface area contributed by atoms with E-state index in [4.69, 9.17) is 0 Å². The lowest BCUT2D eigenvalue weighted by Gasteiger charge is -2.15. The number of nitrogens with zero attached hydrogens (tertiary/aromatic N) is 2. The monoisotopic (exact) mass is 231 g/mol. The second-order valence-corrected chi connectivity index (χ2v) is 4.77. The third kappa shape index (κ3) is 1.62. The number of halogens is 1. The van der Waals surface area contributed by atoms with Crippen LogP contribution in [0.4, 0.5) is 5.13 Å². The van der Waals surface area contributed by atoms with Crippen LogP contribution in [0.5, 0.6) is 0 Å². The molecule has 2 saturated heterocycles. The molecule has 1 aromatic rings. The maximum atomic E-state index is 4.35. The van der Waals surface area contributed by atoms with E-state index in [1.165, 1.54) is 31.3 Å². The van der Waals surface area contributed by atoms with Gasteiger partial charge in [0.2, 0.25) is 0 Å². The van der Waals surface area contributed by atoms with E-state index >= 15 is 0 Å². The molecule has 3 nitrogen and oxygen atoms in total. The fourth-order valence-corrected chi connectivity index (χ4v) is 3.05. The van der Waals surface area contributed by atoms with Crippen LogP contribution in [0.15, 0.2) is 11.6 Å². The van der Waals surface area contributed by atoms with E-state index < -0.39 is 0 Å². The van der Waals surface area contributed by atoms with E-state index in [1.807, 2.05) is 6.20 Å². The smallest absolute Gasteiger partial charge is 0.185 e. The van der Waals surface area contributed by atoms with Crippen LogP contribution < -0.4 is 10.2 Å². The van der Waals surface area contributed by atoms with Gasteiger partial charge in [-0.05, 0) is 11.8 Å². The molecule has 2 atom stereocenters. The molecule has 0 radical (unpaired) electrons. The Morgan fingerprint density at radius 3 is 2.64 bits per heavy atom. The maximum Gasteiger partial charge on any atom is 0.185 e. The summed E-state index contributed by atoms with van der Waals surface area (Å²) in [4.78, 5) is 6.78. The summed E-state index contributed by atoms with van der Waals surface area (Å²) in [5, 5.41) is 6.71. The number of hydrogen-bond acceptors (Lipinski definition) is 4. The maximum absolute atomic E-state index is 4.35. The van der Waals surface area contributed by atoms with Gasteiger partial charge in [-0.2, -0.15) is 0 Å². The van der Waals surface area contributed by atoms with Crippen LogP contribution in [0.3, 0.4) is 0 Å². The van der Waals surface area contributed by atoms with Crippen molar-refractivity contribution in [1.82, 2.24) is 10.3 Å². The SMILES string of the molecule is Cl.c1csc(N2CC3CNCC3C2)n1. The highest BCUT2D eigenvalue weighted by atomic mass is 35.5. The Morgan fingerprint density at radius 1 is 1.36 bits per heavy atom. The van der Waals surface area contributed by atoms with Gasteiger partial charge in [0, 0.05) is 37.8 Å². The van der Waals surface area contributed by atoms with Crippen molar-refractivity contribution in [3.8, 4) is 0 Å². The van der Waals surface area contributed by atoms with E-state index in [0.29, 0.717) is 0 Å². The summed E-state index contributed by atoms with van der Waals surface area (Å²) in [6, 6.07) is 0. The topological polar surface area (TPSA) is 28.2 Å². The third-order valence-corrected chi connectivity index (χ3v) is 3.91. The second-order valence-electron chi connectivity index (χ2n) is 3.90. The van der Waals surface area contributed by atoms with Gasteiger partial charge in [0.05, 0.1) is 0 Å². The second kappa shape index (κ2) is 4.04. The first kappa shape index (κ1) is 10.2. The van der Waals surface area contributed by atoms with Gasteiger partial charge in [-0.15, -0.1) is 23.7 Å². The Bertz CT molecular complexity index is 278. The number of anilines is 1. The molecular weight excluding hydrogens is 218 g/mol. The van der Waals surface area contributed by atoms with Gasteiger partial charge in [0.25, 0.3) is 0 Å². The zero-order valence-electron chi connectivity index (χ0n) is 7.85. The fraction of sp³-hybridized carbons (Fsp3) is 0.667. The summed E-state index contributed by atoms with van der Waals surface area (Å²) in [6.07, 6.45) is 1.90. The summed E-state index contributed by atoms with van der Waals surface area (Å²) in [7, 11) is 0. The van der Waals surface area contributed by atoms with Crippen molar-refractivity contribution in [2.45, 2.75) is 0 Å². The molecule has 0 spiro atoms. The molecule has 3 heterocycles. The summed E-state index contributed by atoms with van der Waals surface area (Å²) in [6.45, 7) is 4.80. The molecule has 2 unspecified atom stereocenters. The summed E-state index contributed by atoms with van der Waals surface area (Å²) in [5.74, 6) is 1.73. The average Bonchev–Trinajstić information content (AvgIpc) is 2.78.